The van der Waals surface area contributed by atoms with E-state index in [1.165, 1.54) is 24.3 Å². The molecule has 150 valence electrons. The van der Waals surface area contributed by atoms with Crippen molar-refractivity contribution in [2.75, 3.05) is 19.5 Å². The van der Waals surface area contributed by atoms with Crippen LogP contribution in [-0.2, 0) is 13.1 Å². The summed E-state index contributed by atoms with van der Waals surface area (Å²) in [7, 11) is 3.17. The Morgan fingerprint density at radius 3 is 2.31 bits per heavy atom. The number of nitrogens with one attached hydrogen (secondary N) is 1. The average Bonchev–Trinajstić information content (AvgIpc) is 2.75. The summed E-state index contributed by atoms with van der Waals surface area (Å²) < 4.78 is 23.9. The van der Waals surface area contributed by atoms with Crippen LogP contribution in [0.3, 0.4) is 0 Å². The summed E-state index contributed by atoms with van der Waals surface area (Å²) in [4.78, 5) is 14.7. The van der Waals surface area contributed by atoms with E-state index in [4.69, 9.17) is 9.47 Å². The monoisotopic (exact) mass is 394 g/mol. The second-order valence-electron chi connectivity index (χ2n) is 6.46. The lowest BCUT2D eigenvalue weighted by molar-refractivity contribution is 0.205. The highest BCUT2D eigenvalue weighted by molar-refractivity contribution is 5.89. The molecule has 0 heterocycles. The molecule has 3 aromatic rings. The minimum atomic E-state index is -0.355. The van der Waals surface area contributed by atoms with Gasteiger partial charge in [-0.1, -0.05) is 30.3 Å². The predicted octanol–water partition coefficient (Wildman–Crippen LogP) is 5.08. The first-order valence-electron chi connectivity index (χ1n) is 9.15. The molecule has 0 unspecified atom stereocenters. The number of hydrogen-bond acceptors (Lipinski definition) is 3. The van der Waals surface area contributed by atoms with Gasteiger partial charge < -0.3 is 19.7 Å². The highest BCUT2D eigenvalue weighted by Crippen LogP contribution is 2.26. The molecule has 3 rings (SSSR count). The lowest BCUT2D eigenvalue weighted by atomic mass is 10.1. The molecular weight excluding hydrogens is 371 g/mol. The van der Waals surface area contributed by atoms with Crippen molar-refractivity contribution in [3.8, 4) is 11.5 Å². The zero-order chi connectivity index (χ0) is 20.6. The zero-order valence-electron chi connectivity index (χ0n) is 16.4. The third-order valence-electron chi connectivity index (χ3n) is 4.45. The van der Waals surface area contributed by atoms with Crippen LogP contribution >= 0.6 is 0 Å². The molecule has 0 saturated heterocycles. The highest BCUT2D eigenvalue weighted by atomic mass is 19.1. The molecule has 0 atom stereocenters. The van der Waals surface area contributed by atoms with Crippen LogP contribution in [0.15, 0.2) is 72.8 Å². The molecule has 0 aliphatic carbocycles. The summed E-state index contributed by atoms with van der Waals surface area (Å²) in [5.74, 6) is 0.958. The highest BCUT2D eigenvalue weighted by Gasteiger charge is 2.17. The fourth-order valence-corrected chi connectivity index (χ4v) is 2.93. The Balaban J connectivity index is 1.84. The average molecular weight is 394 g/mol. The molecule has 0 aromatic heterocycles. The van der Waals surface area contributed by atoms with Gasteiger partial charge in [0.25, 0.3) is 0 Å². The fraction of sp³-hybridized carbons (Fsp3) is 0.174. The molecule has 0 aliphatic heterocycles. The number of carbonyl (C=O) groups excluding carboxylic acids is 1. The number of amides is 2. The number of nitrogens with zero attached hydrogens (tertiary/aromatic N) is 1. The summed E-state index contributed by atoms with van der Waals surface area (Å²) in [6.45, 7) is 0.734. The fourth-order valence-electron chi connectivity index (χ4n) is 2.93. The van der Waals surface area contributed by atoms with E-state index in [0.29, 0.717) is 30.3 Å². The van der Waals surface area contributed by atoms with E-state index in [2.05, 4.69) is 5.32 Å². The number of rotatable bonds is 7. The zero-order valence-corrected chi connectivity index (χ0v) is 16.4. The van der Waals surface area contributed by atoms with Crippen LogP contribution in [0.4, 0.5) is 14.9 Å². The van der Waals surface area contributed by atoms with Crippen molar-refractivity contribution in [1.82, 2.24) is 4.90 Å². The number of halogens is 1. The molecule has 3 aromatic carbocycles. The Hall–Kier alpha value is -3.54. The van der Waals surface area contributed by atoms with E-state index in [9.17, 15) is 9.18 Å². The number of urea groups is 1. The third-order valence-corrected chi connectivity index (χ3v) is 4.45. The van der Waals surface area contributed by atoms with Crippen molar-refractivity contribution in [1.29, 1.82) is 0 Å². The van der Waals surface area contributed by atoms with Crippen LogP contribution in [-0.4, -0.2) is 25.2 Å². The van der Waals surface area contributed by atoms with Gasteiger partial charge in [-0.2, -0.15) is 0 Å². The molecule has 0 spiro atoms. The number of hydrogen-bond donors (Lipinski definition) is 1. The summed E-state index contributed by atoms with van der Waals surface area (Å²) >= 11 is 0. The third kappa shape index (κ3) is 5.48. The molecule has 29 heavy (non-hydrogen) atoms. The molecule has 5 nitrogen and oxygen atoms in total. The van der Waals surface area contributed by atoms with Crippen LogP contribution in [0.5, 0.6) is 11.5 Å². The van der Waals surface area contributed by atoms with Gasteiger partial charge in [0.05, 0.1) is 20.8 Å². The molecule has 0 bridgehead atoms. The summed E-state index contributed by atoms with van der Waals surface area (Å²) in [6.07, 6.45) is 0. The van der Waals surface area contributed by atoms with Gasteiger partial charge in [0.2, 0.25) is 0 Å². The summed E-state index contributed by atoms with van der Waals surface area (Å²) in [6, 6.07) is 20.6. The van der Waals surface area contributed by atoms with Crippen LogP contribution in [0, 0.1) is 5.82 Å². The summed E-state index contributed by atoms with van der Waals surface area (Å²) in [5.41, 5.74) is 2.36. The van der Waals surface area contributed by atoms with Crippen molar-refractivity contribution < 1.29 is 18.7 Å². The molecule has 2 amide bonds. The minimum absolute atomic E-state index is 0.293. The maximum atomic E-state index is 13.2. The van der Waals surface area contributed by atoms with Gasteiger partial charge in [-0.05, 0) is 42.0 Å². The lowest BCUT2D eigenvalue weighted by Crippen LogP contribution is -2.34. The lowest BCUT2D eigenvalue weighted by Gasteiger charge is -2.24. The first-order valence-corrected chi connectivity index (χ1v) is 9.15. The Bertz CT molecular complexity index is 946. The van der Waals surface area contributed by atoms with Gasteiger partial charge in [0.15, 0.2) is 0 Å². The van der Waals surface area contributed by atoms with Crippen molar-refractivity contribution in [2.24, 2.45) is 0 Å². The Morgan fingerprint density at radius 1 is 0.931 bits per heavy atom. The van der Waals surface area contributed by atoms with Crippen LogP contribution in [0.1, 0.15) is 11.1 Å². The van der Waals surface area contributed by atoms with E-state index in [0.717, 1.165) is 11.1 Å². The number of anilines is 1. The number of ether oxygens (including phenoxy) is 2. The molecule has 0 fully saturated rings. The Kier molecular flexibility index (Phi) is 6.68. The van der Waals surface area contributed by atoms with E-state index in [-0.39, 0.29) is 11.8 Å². The standard InChI is InChI=1S/C23H23FN2O3/c1-28-21-13-8-18(22(14-21)29-2)16-26(15-17-6-4-3-5-7-17)23(27)25-20-11-9-19(24)10-12-20/h3-14H,15-16H2,1-2H3,(H,25,27). The van der Waals surface area contributed by atoms with E-state index >= 15 is 0 Å². The normalized spacial score (nSPS) is 10.3. The van der Waals surface area contributed by atoms with Gasteiger partial charge in [0.1, 0.15) is 17.3 Å². The second-order valence-corrected chi connectivity index (χ2v) is 6.46. The van der Waals surface area contributed by atoms with Gasteiger partial charge in [0, 0.05) is 23.9 Å². The molecule has 0 radical (unpaired) electrons. The molecule has 1 N–H and O–H groups in total. The van der Waals surface area contributed by atoms with Crippen molar-refractivity contribution in [2.45, 2.75) is 13.1 Å². The topological polar surface area (TPSA) is 50.8 Å². The number of carbonyl (C=O) groups is 1. The van der Waals surface area contributed by atoms with Crippen LogP contribution in [0.2, 0.25) is 0 Å². The largest absolute Gasteiger partial charge is 0.497 e. The van der Waals surface area contributed by atoms with Crippen LogP contribution in [0.25, 0.3) is 0 Å². The summed E-state index contributed by atoms with van der Waals surface area (Å²) in [5, 5.41) is 2.82. The number of benzene rings is 3. The maximum absolute atomic E-state index is 13.2. The van der Waals surface area contributed by atoms with E-state index in [1.54, 1.807) is 25.2 Å². The molecular formula is C23H23FN2O3. The van der Waals surface area contributed by atoms with Gasteiger partial charge in [-0.3, -0.25) is 0 Å². The maximum Gasteiger partial charge on any atom is 0.322 e. The van der Waals surface area contributed by atoms with Crippen molar-refractivity contribution in [3.05, 3.63) is 89.7 Å². The van der Waals surface area contributed by atoms with Gasteiger partial charge in [-0.15, -0.1) is 0 Å². The predicted molar refractivity (Wildman–Crippen MR) is 111 cm³/mol. The van der Waals surface area contributed by atoms with Gasteiger partial charge in [-0.25, -0.2) is 9.18 Å². The van der Waals surface area contributed by atoms with Crippen LogP contribution < -0.4 is 14.8 Å². The first kappa shape index (κ1) is 20.2. The smallest absolute Gasteiger partial charge is 0.322 e. The van der Waals surface area contributed by atoms with E-state index in [1.807, 2.05) is 42.5 Å². The Labute approximate surface area is 169 Å². The van der Waals surface area contributed by atoms with E-state index < -0.39 is 0 Å². The molecule has 0 aliphatic rings. The number of methoxy groups -OCH3 is 2. The Morgan fingerprint density at radius 2 is 1.66 bits per heavy atom. The SMILES string of the molecule is COc1ccc(CN(Cc2ccccc2)C(=O)Nc2ccc(F)cc2)c(OC)c1. The molecule has 0 saturated carbocycles. The van der Waals surface area contributed by atoms with Crippen molar-refractivity contribution in [3.63, 3.8) is 0 Å². The van der Waals surface area contributed by atoms with Gasteiger partial charge >= 0.3 is 6.03 Å². The molecule has 6 heteroatoms. The second kappa shape index (κ2) is 9.59. The minimum Gasteiger partial charge on any atom is -0.497 e. The quantitative estimate of drug-likeness (QED) is 0.608. The van der Waals surface area contributed by atoms with Crippen molar-refractivity contribution >= 4 is 11.7 Å². The first-order chi connectivity index (χ1) is 14.1.